The Morgan fingerprint density at radius 3 is 2.14 bits per heavy atom. The molecule has 2 aromatic rings. The number of rotatable bonds is 3. The number of halogens is 3. The van der Waals surface area contributed by atoms with Crippen molar-refractivity contribution >= 4 is 57.9 Å². The fraction of sp³-hybridized carbons (Fsp3) is 0.200. The van der Waals surface area contributed by atoms with Crippen molar-refractivity contribution < 1.29 is 0 Å². The average Bonchev–Trinajstić information content (AvgIpc) is 2.45. The first kappa shape index (κ1) is 18.3. The molecule has 0 aromatic heterocycles. The number of hydrogen-bond donors (Lipinski definition) is 2. The highest BCUT2D eigenvalue weighted by Crippen LogP contribution is 2.35. The van der Waals surface area contributed by atoms with Crippen molar-refractivity contribution in [2.75, 3.05) is 11.5 Å². The molecule has 2 nitrogen and oxygen atoms in total. The van der Waals surface area contributed by atoms with Crippen molar-refractivity contribution in [3.63, 3.8) is 0 Å². The van der Waals surface area contributed by atoms with Crippen LogP contribution in [0.1, 0.15) is 19.4 Å². The van der Waals surface area contributed by atoms with Gasteiger partial charge in [-0.1, -0.05) is 54.7 Å². The van der Waals surface area contributed by atoms with Gasteiger partial charge in [0.25, 0.3) is 0 Å². The summed E-state index contributed by atoms with van der Waals surface area (Å²) in [6, 6.07) is 8.85. The molecular formula is C15H17Cl3N2S. The molecule has 0 aliphatic carbocycles. The van der Waals surface area contributed by atoms with Gasteiger partial charge in [0.2, 0.25) is 0 Å². The van der Waals surface area contributed by atoms with Gasteiger partial charge < -0.3 is 11.5 Å². The topological polar surface area (TPSA) is 52.0 Å². The van der Waals surface area contributed by atoms with E-state index in [9.17, 15) is 0 Å². The monoisotopic (exact) mass is 362 g/mol. The van der Waals surface area contributed by atoms with Crippen LogP contribution in [0.3, 0.4) is 0 Å². The van der Waals surface area contributed by atoms with E-state index in [4.69, 9.17) is 46.3 Å². The minimum atomic E-state index is 0.485. The minimum absolute atomic E-state index is 0.485. The molecule has 0 bridgehead atoms. The van der Waals surface area contributed by atoms with Gasteiger partial charge in [-0.15, -0.1) is 11.8 Å². The first-order valence-electron chi connectivity index (χ1n) is 6.38. The fourth-order valence-electron chi connectivity index (χ4n) is 1.49. The lowest BCUT2D eigenvalue weighted by atomic mass is 10.2. The summed E-state index contributed by atoms with van der Waals surface area (Å²) in [5.74, 6) is 0.680. The van der Waals surface area contributed by atoms with Gasteiger partial charge in [-0.2, -0.15) is 0 Å². The SMILES string of the molecule is CC.Nc1cc(Cl)c(SCc2ccc(Cl)cc2Cl)cc1N. The molecule has 21 heavy (non-hydrogen) atoms. The summed E-state index contributed by atoms with van der Waals surface area (Å²) in [7, 11) is 0. The van der Waals surface area contributed by atoms with E-state index in [0.29, 0.717) is 32.2 Å². The molecule has 0 spiro atoms. The summed E-state index contributed by atoms with van der Waals surface area (Å²) in [6.45, 7) is 4.00. The lowest BCUT2D eigenvalue weighted by Crippen LogP contribution is -1.95. The van der Waals surface area contributed by atoms with Gasteiger partial charge in [-0.05, 0) is 29.8 Å². The molecule has 2 rings (SSSR count). The van der Waals surface area contributed by atoms with Gasteiger partial charge in [0.15, 0.2) is 0 Å². The molecule has 0 aliphatic rings. The molecule has 0 unspecified atom stereocenters. The molecule has 0 amide bonds. The van der Waals surface area contributed by atoms with Gasteiger partial charge in [0.05, 0.1) is 16.4 Å². The van der Waals surface area contributed by atoms with Gasteiger partial charge in [0, 0.05) is 20.7 Å². The van der Waals surface area contributed by atoms with Gasteiger partial charge in [-0.3, -0.25) is 0 Å². The Labute approximate surface area is 144 Å². The van der Waals surface area contributed by atoms with E-state index in [2.05, 4.69) is 0 Å². The summed E-state index contributed by atoms with van der Waals surface area (Å²) >= 11 is 19.6. The van der Waals surface area contributed by atoms with Crippen LogP contribution >= 0.6 is 46.6 Å². The van der Waals surface area contributed by atoms with Crippen LogP contribution in [0.5, 0.6) is 0 Å². The molecule has 6 heteroatoms. The van der Waals surface area contributed by atoms with E-state index in [1.807, 2.05) is 26.0 Å². The lowest BCUT2D eigenvalue weighted by Gasteiger charge is -2.09. The molecule has 0 fully saturated rings. The minimum Gasteiger partial charge on any atom is -0.397 e. The zero-order valence-electron chi connectivity index (χ0n) is 11.8. The summed E-state index contributed by atoms with van der Waals surface area (Å²) in [5.41, 5.74) is 13.4. The first-order valence-corrected chi connectivity index (χ1v) is 8.50. The van der Waals surface area contributed by atoms with E-state index < -0.39 is 0 Å². The maximum absolute atomic E-state index is 6.12. The first-order chi connectivity index (χ1) is 9.97. The summed E-state index contributed by atoms with van der Waals surface area (Å²) in [4.78, 5) is 0.874. The molecule has 0 radical (unpaired) electrons. The van der Waals surface area contributed by atoms with E-state index in [-0.39, 0.29) is 0 Å². The summed E-state index contributed by atoms with van der Waals surface area (Å²) in [5, 5.41) is 1.84. The third-order valence-corrected chi connectivity index (χ3v) is 4.65. The second-order valence-electron chi connectivity index (χ2n) is 3.94. The average molecular weight is 364 g/mol. The third kappa shape index (κ3) is 5.19. The number of nitrogens with two attached hydrogens (primary N) is 2. The van der Waals surface area contributed by atoms with E-state index in [1.54, 1.807) is 30.0 Å². The number of nitrogen functional groups attached to an aromatic ring is 2. The van der Waals surface area contributed by atoms with E-state index in [1.165, 1.54) is 0 Å². The van der Waals surface area contributed by atoms with Crippen LogP contribution in [0.25, 0.3) is 0 Å². The standard InChI is InChI=1S/C13H11Cl3N2S.C2H6/c14-8-2-1-7(9(15)3-8)6-19-13-5-12(18)11(17)4-10(13)16;1-2/h1-5H,6,17-18H2;1-2H3. The van der Waals surface area contributed by atoms with Crippen molar-refractivity contribution in [1.29, 1.82) is 0 Å². The van der Waals surface area contributed by atoms with Crippen LogP contribution < -0.4 is 11.5 Å². The number of hydrogen-bond acceptors (Lipinski definition) is 3. The van der Waals surface area contributed by atoms with Crippen molar-refractivity contribution in [3.8, 4) is 0 Å². The Kier molecular flexibility index (Phi) is 7.53. The predicted molar refractivity (Wildman–Crippen MR) is 97.6 cm³/mol. The van der Waals surface area contributed by atoms with Gasteiger partial charge in [0.1, 0.15) is 0 Å². The van der Waals surface area contributed by atoms with E-state index >= 15 is 0 Å². The molecular weight excluding hydrogens is 347 g/mol. The molecule has 0 aliphatic heterocycles. The van der Waals surface area contributed by atoms with Crippen LogP contribution in [-0.2, 0) is 5.75 Å². The maximum Gasteiger partial charge on any atom is 0.0563 e. The smallest absolute Gasteiger partial charge is 0.0563 e. The van der Waals surface area contributed by atoms with Gasteiger partial charge in [-0.25, -0.2) is 0 Å². The zero-order chi connectivity index (χ0) is 16.0. The third-order valence-electron chi connectivity index (χ3n) is 2.54. The second kappa shape index (κ2) is 8.64. The van der Waals surface area contributed by atoms with Crippen LogP contribution in [0.2, 0.25) is 15.1 Å². The van der Waals surface area contributed by atoms with Gasteiger partial charge >= 0.3 is 0 Å². The van der Waals surface area contributed by atoms with Crippen molar-refractivity contribution in [2.45, 2.75) is 24.5 Å². The highest BCUT2D eigenvalue weighted by Gasteiger charge is 2.07. The molecule has 2 aromatic carbocycles. The largest absolute Gasteiger partial charge is 0.397 e. The Morgan fingerprint density at radius 2 is 1.52 bits per heavy atom. The van der Waals surface area contributed by atoms with Crippen LogP contribution in [0, 0.1) is 0 Å². The fourth-order valence-corrected chi connectivity index (χ4v) is 3.35. The Bertz CT molecular complexity index is 618. The lowest BCUT2D eigenvalue weighted by molar-refractivity contribution is 1.38. The Hall–Kier alpha value is -0.740. The molecule has 4 N–H and O–H groups in total. The van der Waals surface area contributed by atoms with Crippen molar-refractivity contribution in [3.05, 3.63) is 51.0 Å². The normalized spacial score (nSPS) is 9.95. The molecule has 0 heterocycles. The Morgan fingerprint density at radius 1 is 0.905 bits per heavy atom. The maximum atomic E-state index is 6.12. The molecule has 0 saturated heterocycles. The number of thioether (sulfide) groups is 1. The second-order valence-corrected chi connectivity index (χ2v) is 6.20. The van der Waals surface area contributed by atoms with Crippen molar-refractivity contribution in [1.82, 2.24) is 0 Å². The molecule has 0 atom stereocenters. The zero-order valence-corrected chi connectivity index (χ0v) is 14.9. The van der Waals surface area contributed by atoms with Crippen LogP contribution in [0.4, 0.5) is 11.4 Å². The highest BCUT2D eigenvalue weighted by molar-refractivity contribution is 7.98. The van der Waals surface area contributed by atoms with Crippen molar-refractivity contribution in [2.24, 2.45) is 0 Å². The molecule has 0 saturated carbocycles. The summed E-state index contributed by atoms with van der Waals surface area (Å²) < 4.78 is 0. The summed E-state index contributed by atoms with van der Waals surface area (Å²) in [6.07, 6.45) is 0. The number of anilines is 2. The van der Waals surface area contributed by atoms with Crippen LogP contribution in [-0.4, -0.2) is 0 Å². The molecule has 114 valence electrons. The Balaban J connectivity index is 0.00000106. The highest BCUT2D eigenvalue weighted by atomic mass is 35.5. The van der Waals surface area contributed by atoms with Crippen LogP contribution in [0.15, 0.2) is 35.2 Å². The number of benzene rings is 2. The predicted octanol–water partition coefficient (Wildman–Crippen LogP) is 6.13. The van der Waals surface area contributed by atoms with E-state index in [0.717, 1.165) is 10.5 Å². The quantitative estimate of drug-likeness (QED) is 0.509.